The summed E-state index contributed by atoms with van der Waals surface area (Å²) in [7, 11) is 0. The Hall–Kier alpha value is -2.73. The topological polar surface area (TPSA) is 70.7 Å². The predicted octanol–water partition coefficient (Wildman–Crippen LogP) is 3.22. The van der Waals surface area contributed by atoms with Gasteiger partial charge in [-0.15, -0.1) is 0 Å². The van der Waals surface area contributed by atoms with E-state index in [1.807, 2.05) is 0 Å². The number of carbonyl (C=O) groups is 1. The molecule has 0 unspecified atom stereocenters. The van der Waals surface area contributed by atoms with E-state index < -0.39 is 5.82 Å². The number of H-pyrrole nitrogens is 1. The van der Waals surface area contributed by atoms with Crippen LogP contribution < -0.4 is 5.32 Å². The molecule has 1 aliphatic rings. The van der Waals surface area contributed by atoms with Crippen LogP contribution >= 0.6 is 11.6 Å². The number of fused-ring (bicyclic) bond motifs is 1. The summed E-state index contributed by atoms with van der Waals surface area (Å²) < 4.78 is 13.6. The summed E-state index contributed by atoms with van der Waals surface area (Å²) in [5.41, 5.74) is 3.27. The number of benzene rings is 1. The molecule has 5 nitrogen and oxygen atoms in total. The highest BCUT2D eigenvalue weighted by atomic mass is 35.5. The Kier molecular flexibility index (Phi) is 3.54. The Labute approximate surface area is 141 Å². The summed E-state index contributed by atoms with van der Waals surface area (Å²) in [6.07, 6.45) is 2.33. The van der Waals surface area contributed by atoms with Gasteiger partial charge < -0.3 is 10.3 Å². The zero-order valence-electron chi connectivity index (χ0n) is 12.4. The molecule has 0 aliphatic carbocycles. The molecule has 120 valence electrons. The van der Waals surface area contributed by atoms with Crippen molar-refractivity contribution in [2.24, 2.45) is 0 Å². The van der Waals surface area contributed by atoms with Crippen molar-refractivity contribution in [3.05, 3.63) is 58.6 Å². The van der Waals surface area contributed by atoms with Gasteiger partial charge >= 0.3 is 0 Å². The zero-order valence-corrected chi connectivity index (χ0v) is 13.2. The van der Waals surface area contributed by atoms with Crippen LogP contribution in [0.15, 0.2) is 36.5 Å². The Balaban J connectivity index is 1.78. The van der Waals surface area contributed by atoms with Gasteiger partial charge in [-0.3, -0.25) is 4.79 Å². The molecule has 1 aliphatic heterocycles. The van der Waals surface area contributed by atoms with Gasteiger partial charge in [0.05, 0.1) is 22.0 Å². The average molecular weight is 343 g/mol. The molecule has 0 saturated carbocycles. The van der Waals surface area contributed by atoms with Crippen molar-refractivity contribution in [3.8, 4) is 22.8 Å². The predicted molar refractivity (Wildman–Crippen MR) is 88.3 cm³/mol. The van der Waals surface area contributed by atoms with Gasteiger partial charge in [0.25, 0.3) is 5.91 Å². The van der Waals surface area contributed by atoms with Crippen molar-refractivity contribution >= 4 is 17.5 Å². The Morgan fingerprint density at radius 2 is 2.08 bits per heavy atom. The number of nitrogens with one attached hydrogen (secondary N) is 2. The molecule has 0 fully saturated rings. The number of hydrogen-bond donors (Lipinski definition) is 2. The maximum Gasteiger partial charge on any atom is 0.253 e. The monoisotopic (exact) mass is 342 g/mol. The Morgan fingerprint density at radius 1 is 1.21 bits per heavy atom. The lowest BCUT2D eigenvalue weighted by molar-refractivity contribution is 0.0946. The van der Waals surface area contributed by atoms with Crippen LogP contribution in [0.4, 0.5) is 4.39 Å². The standard InChI is InChI=1S/C17H12ClFN4O/c18-15-9(2-1-3-11(15)19)16-20-6-5-13(23-16)14-8-10-12(22-14)4-7-21-17(10)24/h1-3,5-6,8,22H,4,7H2,(H,21,24). The van der Waals surface area contributed by atoms with Gasteiger partial charge in [-0.2, -0.15) is 0 Å². The molecule has 7 heteroatoms. The second-order valence-electron chi connectivity index (χ2n) is 5.45. The highest BCUT2D eigenvalue weighted by Crippen LogP contribution is 2.29. The molecular formula is C17H12ClFN4O. The molecule has 1 amide bonds. The van der Waals surface area contributed by atoms with E-state index in [4.69, 9.17) is 11.6 Å². The van der Waals surface area contributed by atoms with E-state index in [1.165, 1.54) is 6.07 Å². The third-order valence-electron chi connectivity index (χ3n) is 3.93. The smallest absolute Gasteiger partial charge is 0.253 e. The molecule has 1 aromatic carbocycles. The molecule has 2 N–H and O–H groups in total. The van der Waals surface area contributed by atoms with Gasteiger partial charge in [-0.05, 0) is 24.3 Å². The van der Waals surface area contributed by atoms with Crippen LogP contribution in [0.1, 0.15) is 16.1 Å². The average Bonchev–Trinajstić information content (AvgIpc) is 3.03. The fourth-order valence-electron chi connectivity index (χ4n) is 2.75. The number of aromatic nitrogens is 3. The van der Waals surface area contributed by atoms with E-state index in [1.54, 1.807) is 30.5 Å². The van der Waals surface area contributed by atoms with E-state index in [2.05, 4.69) is 20.3 Å². The number of amides is 1. The molecule has 0 bridgehead atoms. The Morgan fingerprint density at radius 3 is 2.92 bits per heavy atom. The highest BCUT2D eigenvalue weighted by Gasteiger charge is 2.20. The molecule has 0 atom stereocenters. The van der Waals surface area contributed by atoms with Gasteiger partial charge in [-0.1, -0.05) is 17.7 Å². The van der Waals surface area contributed by atoms with Crippen molar-refractivity contribution in [2.75, 3.05) is 6.54 Å². The minimum absolute atomic E-state index is 0.0141. The van der Waals surface area contributed by atoms with E-state index in [0.717, 1.165) is 12.1 Å². The van der Waals surface area contributed by atoms with Gasteiger partial charge in [-0.25, -0.2) is 14.4 Å². The summed E-state index contributed by atoms with van der Waals surface area (Å²) in [4.78, 5) is 23.7. The first-order valence-electron chi connectivity index (χ1n) is 7.41. The maximum absolute atomic E-state index is 13.6. The van der Waals surface area contributed by atoms with Crippen LogP contribution in [-0.4, -0.2) is 27.4 Å². The SMILES string of the molecule is O=C1NCCc2[nH]c(-c3ccnc(-c4cccc(F)c4Cl)n3)cc21. The fourth-order valence-corrected chi connectivity index (χ4v) is 2.96. The molecule has 0 spiro atoms. The molecule has 0 saturated heterocycles. The van der Waals surface area contributed by atoms with Gasteiger partial charge in [0, 0.05) is 30.4 Å². The highest BCUT2D eigenvalue weighted by molar-refractivity contribution is 6.33. The third kappa shape index (κ3) is 2.45. The molecular weight excluding hydrogens is 331 g/mol. The molecule has 24 heavy (non-hydrogen) atoms. The minimum atomic E-state index is -0.518. The van der Waals surface area contributed by atoms with E-state index in [0.29, 0.717) is 34.9 Å². The van der Waals surface area contributed by atoms with Crippen molar-refractivity contribution in [3.63, 3.8) is 0 Å². The van der Waals surface area contributed by atoms with Crippen molar-refractivity contribution < 1.29 is 9.18 Å². The van der Waals surface area contributed by atoms with E-state index in [-0.39, 0.29) is 10.9 Å². The molecule has 3 heterocycles. The summed E-state index contributed by atoms with van der Waals surface area (Å²) in [6.45, 7) is 0.611. The zero-order chi connectivity index (χ0) is 16.7. The van der Waals surface area contributed by atoms with E-state index in [9.17, 15) is 9.18 Å². The normalized spacial score (nSPS) is 13.5. The molecule has 4 rings (SSSR count). The first kappa shape index (κ1) is 14.8. The minimum Gasteiger partial charge on any atom is -0.356 e. The van der Waals surface area contributed by atoms with Gasteiger partial charge in [0.2, 0.25) is 0 Å². The summed E-state index contributed by atoms with van der Waals surface area (Å²) in [5, 5.41) is 2.79. The molecule has 2 aromatic heterocycles. The second kappa shape index (κ2) is 5.72. The Bertz CT molecular complexity index is 954. The quantitative estimate of drug-likeness (QED) is 0.751. The number of rotatable bonds is 2. The number of carbonyl (C=O) groups excluding carboxylic acids is 1. The van der Waals surface area contributed by atoms with Gasteiger partial charge in [0.15, 0.2) is 5.82 Å². The van der Waals surface area contributed by atoms with Crippen LogP contribution in [0.2, 0.25) is 5.02 Å². The lowest BCUT2D eigenvalue weighted by Crippen LogP contribution is -2.31. The number of aromatic amines is 1. The van der Waals surface area contributed by atoms with Crippen molar-refractivity contribution in [1.29, 1.82) is 0 Å². The number of nitrogens with zero attached hydrogens (tertiary/aromatic N) is 2. The fraction of sp³-hybridized carbons (Fsp3) is 0.118. The first-order chi connectivity index (χ1) is 11.6. The van der Waals surface area contributed by atoms with Crippen LogP contribution in [0.3, 0.4) is 0 Å². The lowest BCUT2D eigenvalue weighted by Gasteiger charge is -2.10. The van der Waals surface area contributed by atoms with Crippen molar-refractivity contribution in [2.45, 2.75) is 6.42 Å². The number of hydrogen-bond acceptors (Lipinski definition) is 3. The maximum atomic E-state index is 13.6. The lowest BCUT2D eigenvalue weighted by atomic mass is 10.1. The van der Waals surface area contributed by atoms with Crippen LogP contribution in [-0.2, 0) is 6.42 Å². The third-order valence-corrected chi connectivity index (χ3v) is 4.31. The van der Waals surface area contributed by atoms with Crippen LogP contribution in [0, 0.1) is 5.82 Å². The summed E-state index contributed by atoms with van der Waals surface area (Å²) in [5.74, 6) is -0.287. The van der Waals surface area contributed by atoms with Crippen LogP contribution in [0.25, 0.3) is 22.8 Å². The van der Waals surface area contributed by atoms with Crippen molar-refractivity contribution in [1.82, 2.24) is 20.3 Å². The summed E-state index contributed by atoms with van der Waals surface area (Å²) >= 11 is 6.01. The second-order valence-corrected chi connectivity index (χ2v) is 5.83. The van der Waals surface area contributed by atoms with Crippen LogP contribution in [0.5, 0.6) is 0 Å². The largest absolute Gasteiger partial charge is 0.356 e. The van der Waals surface area contributed by atoms with Gasteiger partial charge in [0.1, 0.15) is 5.82 Å². The number of halogens is 2. The summed E-state index contributed by atoms with van der Waals surface area (Å²) in [6, 6.07) is 8.00. The first-order valence-corrected chi connectivity index (χ1v) is 7.79. The van der Waals surface area contributed by atoms with E-state index >= 15 is 0 Å². The molecule has 3 aromatic rings. The molecule has 0 radical (unpaired) electrons.